The largest absolute Gasteiger partial charge is 0.370 e. The molecule has 90 valence electrons. The zero-order chi connectivity index (χ0) is 11.8. The van der Waals surface area contributed by atoms with E-state index in [0.717, 1.165) is 18.7 Å². The monoisotopic (exact) mass is 247 g/mol. The number of anilines is 1. The maximum atomic E-state index is 4.52. The van der Waals surface area contributed by atoms with Gasteiger partial charge in [-0.1, -0.05) is 12.8 Å². The van der Waals surface area contributed by atoms with Crippen molar-refractivity contribution in [3.8, 4) is 0 Å². The minimum Gasteiger partial charge on any atom is -0.370 e. The molecule has 3 rings (SSSR count). The number of pyridine rings is 1. The van der Waals surface area contributed by atoms with Crippen molar-refractivity contribution in [3.05, 3.63) is 24.0 Å². The summed E-state index contributed by atoms with van der Waals surface area (Å²) in [5.74, 6) is 0. The Morgan fingerprint density at radius 2 is 2.00 bits per heavy atom. The van der Waals surface area contributed by atoms with Crippen molar-refractivity contribution in [1.29, 1.82) is 0 Å². The maximum absolute atomic E-state index is 4.52. The van der Waals surface area contributed by atoms with Gasteiger partial charge in [-0.05, 0) is 37.8 Å². The van der Waals surface area contributed by atoms with E-state index in [1.165, 1.54) is 35.9 Å². The normalized spacial score (nSPS) is 16.7. The van der Waals surface area contributed by atoms with Gasteiger partial charge in [0, 0.05) is 24.7 Å². The van der Waals surface area contributed by atoms with Crippen molar-refractivity contribution in [3.63, 3.8) is 0 Å². The molecule has 1 aliphatic heterocycles. The molecule has 2 aromatic heterocycles. The molecule has 1 fully saturated rings. The SMILES string of the molecule is Cc1cn(S)c2ncc(N3CCCCC3)cc12. The molecule has 0 amide bonds. The van der Waals surface area contributed by atoms with Gasteiger partial charge in [0.1, 0.15) is 5.65 Å². The molecule has 0 radical (unpaired) electrons. The van der Waals surface area contributed by atoms with Gasteiger partial charge in [0.15, 0.2) is 0 Å². The van der Waals surface area contributed by atoms with Gasteiger partial charge >= 0.3 is 0 Å². The average Bonchev–Trinajstić information content (AvgIpc) is 2.66. The van der Waals surface area contributed by atoms with Gasteiger partial charge in [0.2, 0.25) is 0 Å². The number of hydrogen-bond acceptors (Lipinski definition) is 3. The first-order valence-electron chi connectivity index (χ1n) is 6.17. The number of nitrogens with zero attached hydrogens (tertiary/aromatic N) is 3. The molecule has 0 aromatic carbocycles. The van der Waals surface area contributed by atoms with Gasteiger partial charge in [0.05, 0.1) is 11.9 Å². The third-order valence-electron chi connectivity index (χ3n) is 3.53. The van der Waals surface area contributed by atoms with Crippen LogP contribution in [0, 0.1) is 6.92 Å². The van der Waals surface area contributed by atoms with Crippen LogP contribution in [0.15, 0.2) is 18.5 Å². The quantitative estimate of drug-likeness (QED) is 0.782. The molecule has 2 aromatic rings. The summed E-state index contributed by atoms with van der Waals surface area (Å²) in [7, 11) is 0. The molecule has 3 nitrogen and oxygen atoms in total. The molecule has 0 N–H and O–H groups in total. The smallest absolute Gasteiger partial charge is 0.150 e. The van der Waals surface area contributed by atoms with Gasteiger partial charge < -0.3 is 4.90 Å². The Hall–Kier alpha value is -1.16. The Kier molecular flexibility index (Phi) is 2.74. The van der Waals surface area contributed by atoms with Crippen LogP contribution in [0.4, 0.5) is 5.69 Å². The van der Waals surface area contributed by atoms with Crippen LogP contribution in [0.3, 0.4) is 0 Å². The molecule has 4 heteroatoms. The first-order chi connectivity index (χ1) is 8.25. The number of thiol groups is 1. The summed E-state index contributed by atoms with van der Waals surface area (Å²) in [6.07, 6.45) is 7.94. The van der Waals surface area contributed by atoms with E-state index in [0.29, 0.717) is 0 Å². The lowest BCUT2D eigenvalue weighted by Gasteiger charge is -2.28. The number of fused-ring (bicyclic) bond motifs is 1. The topological polar surface area (TPSA) is 21.1 Å². The molecule has 0 aliphatic carbocycles. The summed E-state index contributed by atoms with van der Waals surface area (Å²) in [4.78, 5) is 6.96. The maximum Gasteiger partial charge on any atom is 0.150 e. The molecule has 17 heavy (non-hydrogen) atoms. The summed E-state index contributed by atoms with van der Waals surface area (Å²) in [6.45, 7) is 4.43. The number of aryl methyl sites for hydroxylation is 1. The summed E-state index contributed by atoms with van der Waals surface area (Å²) in [6, 6.07) is 2.25. The van der Waals surface area contributed by atoms with Crippen molar-refractivity contribution >= 4 is 29.5 Å². The number of aromatic nitrogens is 2. The molecule has 1 aliphatic rings. The Balaban J connectivity index is 2.03. The zero-order valence-corrected chi connectivity index (χ0v) is 11.0. The lowest BCUT2D eigenvalue weighted by Crippen LogP contribution is -2.29. The summed E-state index contributed by atoms with van der Waals surface area (Å²) < 4.78 is 1.80. The third-order valence-corrected chi connectivity index (χ3v) is 3.84. The first kappa shape index (κ1) is 11.0. The number of rotatable bonds is 1. The van der Waals surface area contributed by atoms with E-state index in [1.54, 1.807) is 3.97 Å². The van der Waals surface area contributed by atoms with Crippen LogP contribution in [0.2, 0.25) is 0 Å². The van der Waals surface area contributed by atoms with Crippen molar-refractivity contribution < 1.29 is 0 Å². The average molecular weight is 247 g/mol. The van der Waals surface area contributed by atoms with Crippen LogP contribution >= 0.6 is 12.8 Å². The van der Waals surface area contributed by atoms with Crippen LogP contribution in [0.25, 0.3) is 11.0 Å². The van der Waals surface area contributed by atoms with Crippen LogP contribution in [-0.2, 0) is 0 Å². The lowest BCUT2D eigenvalue weighted by atomic mass is 10.1. The van der Waals surface area contributed by atoms with Crippen molar-refractivity contribution in [1.82, 2.24) is 8.96 Å². The second-order valence-corrected chi connectivity index (χ2v) is 5.20. The zero-order valence-electron chi connectivity index (χ0n) is 10.1. The van der Waals surface area contributed by atoms with E-state index >= 15 is 0 Å². The molecular formula is C13H17N3S. The Labute approximate surface area is 107 Å². The summed E-state index contributed by atoms with van der Waals surface area (Å²) >= 11 is 4.37. The molecule has 3 heterocycles. The first-order valence-corrected chi connectivity index (χ1v) is 6.57. The molecule has 0 unspecified atom stereocenters. The van der Waals surface area contributed by atoms with Gasteiger partial charge in [0.25, 0.3) is 0 Å². The van der Waals surface area contributed by atoms with Gasteiger partial charge in [-0.25, -0.2) is 4.98 Å². The highest BCUT2D eigenvalue weighted by Crippen LogP contribution is 2.26. The van der Waals surface area contributed by atoms with E-state index in [1.807, 2.05) is 12.4 Å². The fraction of sp³-hybridized carbons (Fsp3) is 0.462. The number of hydrogen-bond donors (Lipinski definition) is 1. The van der Waals surface area contributed by atoms with Crippen LogP contribution in [0.5, 0.6) is 0 Å². The molecule has 1 saturated heterocycles. The Morgan fingerprint density at radius 3 is 2.76 bits per heavy atom. The standard InChI is InChI=1S/C13H17N3S/c1-10-9-16(17)13-12(10)7-11(8-14-13)15-5-3-2-4-6-15/h7-9,17H,2-6H2,1H3. The van der Waals surface area contributed by atoms with Gasteiger partial charge in [-0.3, -0.25) is 3.97 Å². The van der Waals surface area contributed by atoms with Crippen molar-refractivity contribution in [2.24, 2.45) is 0 Å². The van der Waals surface area contributed by atoms with E-state index < -0.39 is 0 Å². The highest BCUT2D eigenvalue weighted by atomic mass is 32.1. The fourth-order valence-corrected chi connectivity index (χ4v) is 2.89. The second-order valence-electron chi connectivity index (χ2n) is 4.77. The summed E-state index contributed by atoms with van der Waals surface area (Å²) in [5, 5.41) is 1.21. The fourth-order valence-electron chi connectivity index (χ4n) is 2.56. The summed E-state index contributed by atoms with van der Waals surface area (Å²) in [5.41, 5.74) is 3.44. The van der Waals surface area contributed by atoms with Crippen molar-refractivity contribution in [2.75, 3.05) is 18.0 Å². The highest BCUT2D eigenvalue weighted by Gasteiger charge is 2.13. The van der Waals surface area contributed by atoms with Crippen LogP contribution < -0.4 is 4.90 Å². The molecular weight excluding hydrogens is 230 g/mol. The Morgan fingerprint density at radius 1 is 1.24 bits per heavy atom. The van der Waals surface area contributed by atoms with Gasteiger partial charge in [-0.2, -0.15) is 0 Å². The molecule has 0 atom stereocenters. The number of piperidine rings is 1. The van der Waals surface area contributed by atoms with Gasteiger partial charge in [-0.15, -0.1) is 0 Å². The second kappa shape index (κ2) is 4.26. The van der Waals surface area contributed by atoms with E-state index in [9.17, 15) is 0 Å². The predicted molar refractivity (Wildman–Crippen MR) is 74.9 cm³/mol. The lowest BCUT2D eigenvalue weighted by molar-refractivity contribution is 0.577. The van der Waals surface area contributed by atoms with E-state index in [-0.39, 0.29) is 0 Å². The van der Waals surface area contributed by atoms with E-state index in [4.69, 9.17) is 0 Å². The molecule has 0 saturated carbocycles. The molecule has 0 bridgehead atoms. The Bertz CT molecular complexity index is 541. The third kappa shape index (κ3) is 1.90. The predicted octanol–water partition coefficient (Wildman–Crippen LogP) is 3.03. The molecule has 0 spiro atoms. The van der Waals surface area contributed by atoms with Crippen LogP contribution in [0.1, 0.15) is 24.8 Å². The van der Waals surface area contributed by atoms with Crippen molar-refractivity contribution in [2.45, 2.75) is 26.2 Å². The van der Waals surface area contributed by atoms with E-state index in [2.05, 4.69) is 35.7 Å². The highest BCUT2D eigenvalue weighted by molar-refractivity contribution is 7.78. The van der Waals surface area contributed by atoms with Crippen LogP contribution in [-0.4, -0.2) is 22.0 Å². The minimum atomic E-state index is 0.951. The minimum absolute atomic E-state index is 0.951.